The maximum Gasteiger partial charge on any atom is 0.160 e. The van der Waals surface area contributed by atoms with E-state index < -0.39 is 0 Å². The number of rotatable bonds is 3. The second-order valence-corrected chi connectivity index (χ2v) is 5.37. The molecule has 0 aliphatic heterocycles. The van der Waals surface area contributed by atoms with Crippen molar-refractivity contribution in [2.45, 2.75) is 13.0 Å². The van der Waals surface area contributed by atoms with Crippen LogP contribution in [0.5, 0.6) is 0 Å². The summed E-state index contributed by atoms with van der Waals surface area (Å²) in [5, 5.41) is 12.7. The summed E-state index contributed by atoms with van der Waals surface area (Å²) in [5.41, 5.74) is 2.31. The van der Waals surface area contributed by atoms with Gasteiger partial charge in [0.15, 0.2) is 11.5 Å². The minimum absolute atomic E-state index is 0.0666. The minimum Gasteiger partial charge on any atom is -0.375 e. The molecule has 0 aliphatic carbocycles. The molecule has 3 aromatic heterocycles. The van der Waals surface area contributed by atoms with Gasteiger partial charge in [-0.2, -0.15) is 0 Å². The van der Waals surface area contributed by atoms with E-state index in [-0.39, 0.29) is 11.9 Å². The van der Waals surface area contributed by atoms with Gasteiger partial charge < -0.3 is 5.32 Å². The number of hydrogen-bond acceptors (Lipinski definition) is 4. The molecule has 6 heteroatoms. The van der Waals surface area contributed by atoms with Crippen LogP contribution in [0.2, 0.25) is 0 Å². The Morgan fingerprint density at radius 1 is 1.13 bits per heavy atom. The van der Waals surface area contributed by atoms with Crippen LogP contribution >= 0.6 is 0 Å². The lowest BCUT2D eigenvalue weighted by atomic mass is 10.1. The molecule has 23 heavy (non-hydrogen) atoms. The highest BCUT2D eigenvalue weighted by Crippen LogP contribution is 2.26. The van der Waals surface area contributed by atoms with Crippen LogP contribution in [0.1, 0.15) is 18.8 Å². The van der Waals surface area contributed by atoms with Gasteiger partial charge >= 0.3 is 0 Å². The number of halogens is 1. The van der Waals surface area contributed by atoms with Crippen molar-refractivity contribution in [2.24, 2.45) is 0 Å². The van der Waals surface area contributed by atoms with Crippen molar-refractivity contribution in [3.05, 3.63) is 66.5 Å². The van der Waals surface area contributed by atoms with Gasteiger partial charge in [0.2, 0.25) is 0 Å². The van der Waals surface area contributed by atoms with Crippen molar-refractivity contribution < 1.29 is 4.39 Å². The zero-order valence-corrected chi connectivity index (χ0v) is 12.4. The molecule has 1 N–H and O–H groups in total. The van der Waals surface area contributed by atoms with Gasteiger partial charge in [0, 0.05) is 29.5 Å². The third-order valence-corrected chi connectivity index (χ3v) is 3.80. The zero-order valence-electron chi connectivity index (χ0n) is 12.4. The van der Waals surface area contributed by atoms with E-state index in [9.17, 15) is 4.39 Å². The van der Waals surface area contributed by atoms with Crippen LogP contribution in [0.3, 0.4) is 0 Å². The summed E-state index contributed by atoms with van der Waals surface area (Å²) in [6.45, 7) is 2.01. The van der Waals surface area contributed by atoms with Gasteiger partial charge in [0.1, 0.15) is 5.82 Å². The van der Waals surface area contributed by atoms with E-state index in [0.717, 1.165) is 22.5 Å². The summed E-state index contributed by atoms with van der Waals surface area (Å²) in [5.74, 6) is 0.520. The molecule has 0 unspecified atom stereocenters. The SMILES string of the molecule is C[C@H](Nc1ccnc2cc(F)ccc12)c1nnc2ccccn12. The van der Waals surface area contributed by atoms with Crippen LogP contribution in [0, 0.1) is 5.82 Å². The quantitative estimate of drug-likeness (QED) is 0.628. The first-order valence-corrected chi connectivity index (χ1v) is 7.33. The second kappa shape index (κ2) is 5.31. The lowest BCUT2D eigenvalue weighted by molar-refractivity contribution is 0.629. The van der Waals surface area contributed by atoms with E-state index in [1.54, 1.807) is 12.3 Å². The number of nitrogens with zero attached hydrogens (tertiary/aromatic N) is 4. The molecule has 0 saturated heterocycles. The van der Waals surface area contributed by atoms with Crippen molar-refractivity contribution in [3.63, 3.8) is 0 Å². The van der Waals surface area contributed by atoms with E-state index in [1.807, 2.05) is 41.8 Å². The van der Waals surface area contributed by atoms with Crippen molar-refractivity contribution in [1.82, 2.24) is 19.6 Å². The van der Waals surface area contributed by atoms with Crippen LogP contribution in [-0.4, -0.2) is 19.6 Å². The molecule has 0 amide bonds. The Balaban J connectivity index is 1.73. The molecule has 0 spiro atoms. The van der Waals surface area contributed by atoms with Crippen LogP contribution in [-0.2, 0) is 0 Å². The molecule has 0 radical (unpaired) electrons. The van der Waals surface area contributed by atoms with Gasteiger partial charge in [0.05, 0.1) is 11.6 Å². The molecule has 4 aromatic rings. The van der Waals surface area contributed by atoms with Crippen LogP contribution < -0.4 is 5.32 Å². The summed E-state index contributed by atoms with van der Waals surface area (Å²) in [7, 11) is 0. The monoisotopic (exact) mass is 307 g/mol. The summed E-state index contributed by atoms with van der Waals surface area (Å²) in [6, 6.07) is 12.2. The Morgan fingerprint density at radius 2 is 2.04 bits per heavy atom. The molecule has 0 bridgehead atoms. The van der Waals surface area contributed by atoms with Gasteiger partial charge in [0.25, 0.3) is 0 Å². The maximum atomic E-state index is 13.3. The number of nitrogens with one attached hydrogen (secondary N) is 1. The molecular weight excluding hydrogens is 293 g/mol. The average Bonchev–Trinajstić information content (AvgIpc) is 2.99. The Labute approximate surface area is 131 Å². The molecule has 1 atom stereocenters. The Bertz CT molecular complexity index is 995. The molecule has 3 heterocycles. The number of hydrogen-bond donors (Lipinski definition) is 1. The first-order chi connectivity index (χ1) is 11.2. The van der Waals surface area contributed by atoms with Crippen LogP contribution in [0.25, 0.3) is 16.6 Å². The standard InChI is InChI=1S/C17H14FN5/c1-11(17-22-21-16-4-2-3-9-23(16)17)20-14-7-8-19-15-10-12(18)5-6-13(14)15/h2-11H,1H3,(H,19,20)/t11-/m0/s1. The molecule has 5 nitrogen and oxygen atoms in total. The predicted octanol–water partition coefficient (Wildman–Crippen LogP) is 3.59. The summed E-state index contributed by atoms with van der Waals surface area (Å²) in [6.07, 6.45) is 3.60. The van der Waals surface area contributed by atoms with Gasteiger partial charge in [-0.15, -0.1) is 10.2 Å². The normalized spacial score (nSPS) is 12.6. The number of aromatic nitrogens is 4. The Morgan fingerprint density at radius 3 is 2.96 bits per heavy atom. The third-order valence-electron chi connectivity index (χ3n) is 3.80. The number of anilines is 1. The number of benzene rings is 1. The highest BCUT2D eigenvalue weighted by atomic mass is 19.1. The molecule has 0 aliphatic rings. The fourth-order valence-electron chi connectivity index (χ4n) is 2.70. The van der Waals surface area contributed by atoms with Crippen molar-refractivity contribution in [1.29, 1.82) is 0 Å². The summed E-state index contributed by atoms with van der Waals surface area (Å²) < 4.78 is 15.3. The minimum atomic E-state index is -0.293. The summed E-state index contributed by atoms with van der Waals surface area (Å²) in [4.78, 5) is 4.21. The molecule has 1 aromatic carbocycles. The lowest BCUT2D eigenvalue weighted by Crippen LogP contribution is -2.11. The zero-order chi connectivity index (χ0) is 15.8. The van der Waals surface area contributed by atoms with Gasteiger partial charge in [-0.3, -0.25) is 9.38 Å². The summed E-state index contributed by atoms with van der Waals surface area (Å²) >= 11 is 0. The number of fused-ring (bicyclic) bond motifs is 2. The van der Waals surface area contributed by atoms with E-state index in [0.29, 0.717) is 5.52 Å². The Kier molecular flexibility index (Phi) is 3.15. The fraction of sp³-hybridized carbons (Fsp3) is 0.118. The molecule has 0 fully saturated rings. The second-order valence-electron chi connectivity index (χ2n) is 5.37. The fourth-order valence-corrected chi connectivity index (χ4v) is 2.70. The first kappa shape index (κ1) is 13.6. The van der Waals surface area contributed by atoms with E-state index >= 15 is 0 Å². The largest absolute Gasteiger partial charge is 0.375 e. The van der Waals surface area contributed by atoms with Crippen LogP contribution in [0.4, 0.5) is 10.1 Å². The maximum absolute atomic E-state index is 13.3. The highest BCUT2D eigenvalue weighted by molar-refractivity contribution is 5.91. The van der Waals surface area contributed by atoms with E-state index in [1.165, 1.54) is 12.1 Å². The number of pyridine rings is 2. The molecule has 4 rings (SSSR count). The van der Waals surface area contributed by atoms with Crippen molar-refractivity contribution >= 4 is 22.2 Å². The first-order valence-electron chi connectivity index (χ1n) is 7.33. The lowest BCUT2D eigenvalue weighted by Gasteiger charge is -2.15. The molecule has 114 valence electrons. The topological polar surface area (TPSA) is 55.1 Å². The van der Waals surface area contributed by atoms with Gasteiger partial charge in [-0.1, -0.05) is 6.07 Å². The van der Waals surface area contributed by atoms with Gasteiger partial charge in [-0.25, -0.2) is 4.39 Å². The third kappa shape index (κ3) is 2.38. The average molecular weight is 307 g/mol. The predicted molar refractivity (Wildman–Crippen MR) is 86.7 cm³/mol. The smallest absolute Gasteiger partial charge is 0.160 e. The van der Waals surface area contributed by atoms with Gasteiger partial charge in [-0.05, 0) is 37.3 Å². The van der Waals surface area contributed by atoms with Crippen molar-refractivity contribution in [3.8, 4) is 0 Å². The molecular formula is C17H14FN5. The van der Waals surface area contributed by atoms with E-state index in [2.05, 4.69) is 20.5 Å². The van der Waals surface area contributed by atoms with Crippen molar-refractivity contribution in [2.75, 3.05) is 5.32 Å². The highest BCUT2D eigenvalue weighted by Gasteiger charge is 2.14. The Hall–Kier alpha value is -3.02. The molecule has 0 saturated carbocycles. The van der Waals surface area contributed by atoms with E-state index in [4.69, 9.17) is 0 Å². The van der Waals surface area contributed by atoms with Crippen LogP contribution in [0.15, 0.2) is 54.9 Å².